The summed E-state index contributed by atoms with van der Waals surface area (Å²) in [6.45, 7) is 4.31. The molecule has 2 rings (SSSR count). The molecule has 5 heteroatoms. The van der Waals surface area contributed by atoms with Crippen molar-refractivity contribution in [1.82, 2.24) is 10.6 Å². The predicted octanol–water partition coefficient (Wildman–Crippen LogP) is 3.02. The molecule has 1 fully saturated rings. The first kappa shape index (κ1) is 18.6. The van der Waals surface area contributed by atoms with Crippen LogP contribution in [0.15, 0.2) is 18.2 Å². The van der Waals surface area contributed by atoms with Crippen LogP contribution in [0.4, 0.5) is 0 Å². The van der Waals surface area contributed by atoms with Gasteiger partial charge < -0.3 is 20.1 Å². The van der Waals surface area contributed by atoms with Gasteiger partial charge in [-0.2, -0.15) is 0 Å². The molecule has 0 bridgehead atoms. The van der Waals surface area contributed by atoms with Crippen LogP contribution in [0.5, 0.6) is 11.5 Å². The van der Waals surface area contributed by atoms with E-state index >= 15 is 0 Å². The van der Waals surface area contributed by atoms with Crippen LogP contribution >= 0.6 is 0 Å². The van der Waals surface area contributed by atoms with Crippen LogP contribution in [0.25, 0.3) is 0 Å². The number of nitrogens with one attached hydrogen (secondary N) is 2. The van der Waals surface area contributed by atoms with Crippen LogP contribution in [0, 0.1) is 0 Å². The van der Waals surface area contributed by atoms with Crippen molar-refractivity contribution in [2.75, 3.05) is 20.3 Å². The zero-order valence-electron chi connectivity index (χ0n) is 14.9. The molecule has 1 heterocycles. The fraction of sp³-hybridized carbons (Fsp3) is 0.632. The summed E-state index contributed by atoms with van der Waals surface area (Å²) in [7, 11) is 1.65. The highest BCUT2D eigenvalue weighted by atomic mass is 16.5. The minimum atomic E-state index is -0.108. The maximum Gasteiger partial charge on any atom is 0.237 e. The van der Waals surface area contributed by atoms with E-state index in [1.165, 1.54) is 12.8 Å². The van der Waals surface area contributed by atoms with Gasteiger partial charge in [0.25, 0.3) is 0 Å². The minimum absolute atomic E-state index is 0.108. The monoisotopic (exact) mass is 334 g/mol. The Balaban J connectivity index is 1.93. The third kappa shape index (κ3) is 5.71. The number of unbranched alkanes of at least 4 members (excludes halogenated alkanes) is 2. The molecule has 0 aromatic heterocycles. The fourth-order valence-corrected chi connectivity index (χ4v) is 2.85. The second-order valence-electron chi connectivity index (χ2n) is 6.26. The Morgan fingerprint density at radius 2 is 2.12 bits per heavy atom. The molecule has 1 unspecified atom stereocenters. The van der Waals surface area contributed by atoms with Gasteiger partial charge in [-0.1, -0.05) is 25.8 Å². The maximum absolute atomic E-state index is 12.0. The molecule has 0 saturated carbocycles. The Hall–Kier alpha value is -1.75. The highest BCUT2D eigenvalue weighted by Gasteiger charge is 2.19. The topological polar surface area (TPSA) is 59.6 Å². The first-order chi connectivity index (χ1) is 11.7. The van der Waals surface area contributed by atoms with E-state index in [0.29, 0.717) is 13.2 Å². The molecule has 5 nitrogen and oxygen atoms in total. The molecular formula is C19H30N2O3. The number of hydrogen-bond donors (Lipinski definition) is 2. The zero-order chi connectivity index (χ0) is 17.2. The van der Waals surface area contributed by atoms with Gasteiger partial charge in [0.05, 0.1) is 19.8 Å². The molecule has 1 aromatic rings. The summed E-state index contributed by atoms with van der Waals surface area (Å²) in [5, 5.41) is 6.31. The summed E-state index contributed by atoms with van der Waals surface area (Å²) in [6, 6.07) is 5.84. The van der Waals surface area contributed by atoms with Crippen LogP contribution in [-0.4, -0.2) is 32.2 Å². The van der Waals surface area contributed by atoms with Crippen molar-refractivity contribution in [3.63, 3.8) is 0 Å². The summed E-state index contributed by atoms with van der Waals surface area (Å²) in [5.74, 6) is 1.64. The Labute approximate surface area is 145 Å². The molecule has 0 aliphatic carbocycles. The van der Waals surface area contributed by atoms with Crippen molar-refractivity contribution in [2.24, 2.45) is 0 Å². The minimum Gasteiger partial charge on any atom is -0.493 e. The summed E-state index contributed by atoms with van der Waals surface area (Å²) in [5.41, 5.74) is 1.10. The molecule has 1 atom stereocenters. The number of rotatable bonds is 9. The van der Waals surface area contributed by atoms with Crippen LogP contribution in [0.2, 0.25) is 0 Å². The summed E-state index contributed by atoms with van der Waals surface area (Å²) < 4.78 is 11.2. The van der Waals surface area contributed by atoms with E-state index in [9.17, 15) is 4.79 Å². The quantitative estimate of drug-likeness (QED) is 0.682. The van der Waals surface area contributed by atoms with E-state index in [1.807, 2.05) is 18.2 Å². The number of carbonyl (C=O) groups is 1. The predicted molar refractivity (Wildman–Crippen MR) is 95.5 cm³/mol. The Kier molecular flexibility index (Phi) is 7.89. The summed E-state index contributed by atoms with van der Waals surface area (Å²) >= 11 is 0. The third-order valence-electron chi connectivity index (χ3n) is 4.32. The Morgan fingerprint density at radius 1 is 1.25 bits per heavy atom. The molecule has 1 saturated heterocycles. The summed E-state index contributed by atoms with van der Waals surface area (Å²) in [4.78, 5) is 12.0. The van der Waals surface area contributed by atoms with Crippen molar-refractivity contribution in [3.05, 3.63) is 23.8 Å². The maximum atomic E-state index is 12.0. The largest absolute Gasteiger partial charge is 0.493 e. The molecule has 0 radical (unpaired) electrons. The molecule has 1 aliphatic rings. The molecule has 134 valence electrons. The number of ether oxygens (including phenoxy) is 2. The first-order valence-electron chi connectivity index (χ1n) is 9.05. The lowest BCUT2D eigenvalue weighted by atomic mass is 10.1. The highest BCUT2D eigenvalue weighted by Crippen LogP contribution is 2.28. The van der Waals surface area contributed by atoms with Gasteiger partial charge in [-0.05, 0) is 43.4 Å². The molecule has 1 aliphatic heterocycles. The van der Waals surface area contributed by atoms with Gasteiger partial charge >= 0.3 is 0 Å². The van der Waals surface area contributed by atoms with E-state index < -0.39 is 0 Å². The smallest absolute Gasteiger partial charge is 0.237 e. The van der Waals surface area contributed by atoms with Crippen LogP contribution < -0.4 is 20.1 Å². The van der Waals surface area contributed by atoms with Gasteiger partial charge in [0.2, 0.25) is 5.91 Å². The first-order valence-corrected chi connectivity index (χ1v) is 9.05. The lowest BCUT2D eigenvalue weighted by molar-refractivity contribution is -0.122. The van der Waals surface area contributed by atoms with Gasteiger partial charge in [-0.3, -0.25) is 4.79 Å². The van der Waals surface area contributed by atoms with Gasteiger partial charge in [-0.15, -0.1) is 0 Å². The Morgan fingerprint density at radius 3 is 2.92 bits per heavy atom. The normalized spacial score (nSPS) is 17.9. The summed E-state index contributed by atoms with van der Waals surface area (Å²) in [6.07, 6.45) is 6.41. The average molecular weight is 334 g/mol. The standard InChI is InChI=1S/C19H30N2O3/c1-3-4-7-12-24-18-13-15(9-10-17(18)23-2)14-21-16-8-5-6-11-20-19(16)22/h9-10,13,16,21H,3-8,11-12,14H2,1-2H3,(H,20,22). The lowest BCUT2D eigenvalue weighted by Crippen LogP contribution is -2.42. The van der Waals surface area contributed by atoms with Gasteiger partial charge in [0.1, 0.15) is 0 Å². The third-order valence-corrected chi connectivity index (χ3v) is 4.32. The molecule has 1 aromatic carbocycles. The number of benzene rings is 1. The Bertz CT molecular complexity index is 519. The lowest BCUT2D eigenvalue weighted by Gasteiger charge is -2.16. The average Bonchev–Trinajstić information content (AvgIpc) is 2.81. The van der Waals surface area contributed by atoms with Crippen LogP contribution in [0.1, 0.15) is 51.0 Å². The van der Waals surface area contributed by atoms with Crippen molar-refractivity contribution < 1.29 is 14.3 Å². The van der Waals surface area contributed by atoms with E-state index in [2.05, 4.69) is 17.6 Å². The van der Waals surface area contributed by atoms with E-state index in [1.54, 1.807) is 7.11 Å². The SMILES string of the molecule is CCCCCOc1cc(CNC2CCCCNC2=O)ccc1OC. The van der Waals surface area contributed by atoms with Gasteiger partial charge in [0, 0.05) is 13.1 Å². The number of hydrogen-bond acceptors (Lipinski definition) is 4. The second kappa shape index (κ2) is 10.2. The number of amides is 1. The number of carbonyl (C=O) groups excluding carboxylic acids is 1. The van der Waals surface area contributed by atoms with E-state index in [4.69, 9.17) is 9.47 Å². The van der Waals surface area contributed by atoms with E-state index in [0.717, 1.165) is 49.3 Å². The van der Waals surface area contributed by atoms with Gasteiger partial charge in [-0.25, -0.2) is 0 Å². The highest BCUT2D eigenvalue weighted by molar-refractivity contribution is 5.81. The van der Waals surface area contributed by atoms with Crippen molar-refractivity contribution >= 4 is 5.91 Å². The molecule has 2 N–H and O–H groups in total. The van der Waals surface area contributed by atoms with Crippen molar-refractivity contribution in [1.29, 1.82) is 0 Å². The fourth-order valence-electron chi connectivity index (χ4n) is 2.85. The van der Waals surface area contributed by atoms with Gasteiger partial charge in [0.15, 0.2) is 11.5 Å². The molecular weight excluding hydrogens is 304 g/mol. The zero-order valence-corrected chi connectivity index (χ0v) is 14.9. The van der Waals surface area contributed by atoms with Crippen molar-refractivity contribution in [2.45, 2.75) is 58.0 Å². The van der Waals surface area contributed by atoms with Crippen molar-refractivity contribution in [3.8, 4) is 11.5 Å². The van der Waals surface area contributed by atoms with Crippen LogP contribution in [0.3, 0.4) is 0 Å². The molecule has 0 spiro atoms. The van der Waals surface area contributed by atoms with Crippen LogP contribution in [-0.2, 0) is 11.3 Å². The number of methoxy groups -OCH3 is 1. The van der Waals surface area contributed by atoms with E-state index in [-0.39, 0.29) is 11.9 Å². The molecule has 24 heavy (non-hydrogen) atoms. The second-order valence-corrected chi connectivity index (χ2v) is 6.26. The molecule has 1 amide bonds.